The number of hydrogen-bond acceptors (Lipinski definition) is 9. The van der Waals surface area contributed by atoms with Crippen LogP contribution in [0.4, 0.5) is 0 Å². The van der Waals surface area contributed by atoms with Gasteiger partial charge >= 0.3 is 40.2 Å². The molecule has 15 heteroatoms. The number of rotatable bonds is 22. The van der Waals surface area contributed by atoms with E-state index in [0.29, 0.717) is 32.7 Å². The molecule has 0 aliphatic heterocycles. The van der Waals surface area contributed by atoms with Crippen molar-refractivity contribution >= 4 is 56.8 Å². The van der Waals surface area contributed by atoms with Crippen molar-refractivity contribution in [3.8, 4) is 0 Å². The molecule has 0 heterocycles. The van der Waals surface area contributed by atoms with Crippen LogP contribution in [0, 0.1) is 0 Å². The first kappa shape index (κ1) is 39.5. The van der Waals surface area contributed by atoms with Crippen LogP contribution in [0.2, 0.25) is 90.7 Å². The van der Waals surface area contributed by atoms with E-state index in [-0.39, 0.29) is 5.97 Å². The van der Waals surface area contributed by atoms with E-state index in [1.54, 1.807) is 7.11 Å². The monoisotopic (exact) mass is 660 g/mol. The summed E-state index contributed by atoms with van der Waals surface area (Å²) < 4.78 is 50.1. The van der Waals surface area contributed by atoms with Gasteiger partial charge in [-0.1, -0.05) is 0 Å². The van der Waals surface area contributed by atoms with E-state index >= 15 is 0 Å². The molecule has 0 aromatic rings. The average molecular weight is 661 g/mol. The molecular weight excluding hydrogens is 601 g/mol. The molecule has 2 atom stereocenters. The predicted octanol–water partition coefficient (Wildman–Crippen LogP) is 6.68. The Balaban J connectivity index is 5.78. The third kappa shape index (κ3) is 20.9. The van der Waals surface area contributed by atoms with Gasteiger partial charge in [0.05, 0.1) is 7.11 Å². The highest BCUT2D eigenvalue weighted by Gasteiger charge is 2.50. The SMILES string of the molecule is COCCC[Si](C)(O[Si](C)(C)O[Si](C)(C)C)O[Si](C)(CCCOCCCC(=O)OC)O[Si](C)(C)O[Si](C)(C)C. The Kier molecular flexibility index (Phi) is 17.2. The summed E-state index contributed by atoms with van der Waals surface area (Å²) in [4.78, 5) is 11.3. The number of hydrogen-bond donors (Lipinski definition) is 0. The van der Waals surface area contributed by atoms with Crippen molar-refractivity contribution in [3.63, 3.8) is 0 Å². The van der Waals surface area contributed by atoms with Gasteiger partial charge in [0, 0.05) is 33.4 Å². The first-order valence-corrected chi connectivity index (χ1v) is 31.7. The van der Waals surface area contributed by atoms with Gasteiger partial charge in [-0.25, -0.2) is 0 Å². The lowest BCUT2D eigenvalue weighted by molar-refractivity contribution is -0.141. The summed E-state index contributed by atoms with van der Waals surface area (Å²) in [5.74, 6) is -0.211. The van der Waals surface area contributed by atoms with Crippen LogP contribution >= 0.6 is 0 Å². The van der Waals surface area contributed by atoms with Crippen molar-refractivity contribution in [1.82, 2.24) is 0 Å². The quantitative estimate of drug-likeness (QED) is 0.0716. The summed E-state index contributed by atoms with van der Waals surface area (Å²) >= 11 is 0. The number of carbonyl (C=O) groups is 1. The molecule has 0 saturated carbocycles. The third-order valence-corrected chi connectivity index (χ3v) is 27.5. The van der Waals surface area contributed by atoms with E-state index < -0.39 is 50.9 Å². The second kappa shape index (κ2) is 17.0. The molecule has 2 unspecified atom stereocenters. The molecule has 0 saturated heterocycles. The van der Waals surface area contributed by atoms with Crippen molar-refractivity contribution in [2.75, 3.05) is 34.0 Å². The fourth-order valence-electron chi connectivity index (χ4n) is 4.81. The zero-order chi connectivity index (χ0) is 30.6. The van der Waals surface area contributed by atoms with Gasteiger partial charge in [-0.05, 0) is 110 Å². The molecule has 0 aromatic carbocycles. The Hall–Kier alpha value is 0.491. The first-order valence-electron chi connectivity index (χ1n) is 14.2. The smallest absolute Gasteiger partial charge is 0.317 e. The summed E-state index contributed by atoms with van der Waals surface area (Å²) in [7, 11) is -10.9. The van der Waals surface area contributed by atoms with Crippen molar-refractivity contribution in [3.05, 3.63) is 0 Å². The molecule has 0 rings (SSSR count). The van der Waals surface area contributed by atoms with Crippen LogP contribution in [-0.4, -0.2) is 90.9 Å². The van der Waals surface area contributed by atoms with Crippen molar-refractivity contribution in [1.29, 1.82) is 0 Å². The summed E-state index contributed by atoms with van der Waals surface area (Å²) in [6.45, 7) is 27.8. The first-order chi connectivity index (χ1) is 17.6. The third-order valence-electron chi connectivity index (χ3n) is 5.26. The fourth-order valence-corrected chi connectivity index (χ4v) is 34.0. The number of ether oxygens (including phenoxy) is 3. The van der Waals surface area contributed by atoms with E-state index in [9.17, 15) is 4.79 Å². The fraction of sp³-hybridized carbons (Fsp3) is 0.958. The van der Waals surface area contributed by atoms with E-state index in [0.717, 1.165) is 24.9 Å². The molecule has 0 radical (unpaired) electrons. The van der Waals surface area contributed by atoms with Gasteiger partial charge in [-0.2, -0.15) is 0 Å². The molecule has 0 aromatic heterocycles. The Labute approximate surface area is 246 Å². The topological polar surface area (TPSA) is 90.9 Å². The van der Waals surface area contributed by atoms with E-state index in [4.69, 9.17) is 34.8 Å². The lowest BCUT2D eigenvalue weighted by Gasteiger charge is -2.45. The second-order valence-corrected chi connectivity index (χ2v) is 37.0. The highest BCUT2D eigenvalue weighted by Crippen LogP contribution is 2.32. The maximum atomic E-state index is 11.3. The van der Waals surface area contributed by atoms with Gasteiger partial charge in [0.15, 0.2) is 16.6 Å². The Morgan fingerprint density at radius 1 is 0.538 bits per heavy atom. The van der Waals surface area contributed by atoms with Crippen LogP contribution in [0.15, 0.2) is 0 Å². The summed E-state index contributed by atoms with van der Waals surface area (Å²) in [6, 6.07) is 1.57. The molecule has 0 spiro atoms. The summed E-state index contributed by atoms with van der Waals surface area (Å²) in [6.07, 6.45) is 2.67. The molecule has 39 heavy (non-hydrogen) atoms. The Morgan fingerprint density at radius 2 is 0.949 bits per heavy atom. The lowest BCUT2D eigenvalue weighted by atomic mass is 10.3. The molecular formula is C24H60O9Si6. The number of carbonyl (C=O) groups excluding carboxylic acids is 1. The van der Waals surface area contributed by atoms with Crippen molar-refractivity contribution in [2.24, 2.45) is 0 Å². The zero-order valence-corrected chi connectivity index (χ0v) is 33.5. The van der Waals surface area contributed by atoms with Crippen LogP contribution in [-0.2, 0) is 39.6 Å². The highest BCUT2D eigenvalue weighted by atomic mass is 28.5. The van der Waals surface area contributed by atoms with Gasteiger partial charge in [0.2, 0.25) is 0 Å². The Morgan fingerprint density at radius 3 is 1.33 bits per heavy atom. The summed E-state index contributed by atoms with van der Waals surface area (Å²) in [5.41, 5.74) is 0. The second-order valence-electron chi connectivity index (χ2n) is 13.3. The minimum absolute atomic E-state index is 0.211. The van der Waals surface area contributed by atoms with Crippen LogP contribution in [0.3, 0.4) is 0 Å². The molecule has 9 nitrogen and oxygen atoms in total. The maximum Gasteiger partial charge on any atom is 0.317 e. The van der Waals surface area contributed by atoms with E-state index in [1.165, 1.54) is 7.11 Å². The standard InChI is InChI=1S/C24H60O9Si6/c1-26-19-16-22-38(13,31-36(9,10)29-34(3,4)5)33-39(14,32-37(11,12)30-35(6,7)8)23-17-21-28-20-15-18-24(25)27-2/h15-23H2,1-14H3. The lowest BCUT2D eigenvalue weighted by Crippen LogP contribution is -2.61. The Bertz CT molecular complexity index is 715. The van der Waals surface area contributed by atoms with Gasteiger partial charge in [0.25, 0.3) is 0 Å². The maximum absolute atomic E-state index is 11.3. The zero-order valence-electron chi connectivity index (χ0n) is 27.5. The summed E-state index contributed by atoms with van der Waals surface area (Å²) in [5, 5.41) is 0. The molecule has 0 fully saturated rings. The molecule has 0 amide bonds. The minimum Gasteiger partial charge on any atom is -0.469 e. The predicted molar refractivity (Wildman–Crippen MR) is 173 cm³/mol. The normalized spacial score (nSPS) is 16.6. The van der Waals surface area contributed by atoms with Gasteiger partial charge in [-0.15, -0.1) is 0 Å². The van der Waals surface area contributed by atoms with Crippen molar-refractivity contribution < 1.29 is 39.6 Å². The largest absolute Gasteiger partial charge is 0.469 e. The van der Waals surface area contributed by atoms with Crippen LogP contribution in [0.5, 0.6) is 0 Å². The molecule has 0 N–H and O–H groups in total. The minimum atomic E-state index is -2.75. The van der Waals surface area contributed by atoms with Gasteiger partial charge in [0.1, 0.15) is 0 Å². The van der Waals surface area contributed by atoms with Crippen LogP contribution in [0.1, 0.15) is 25.7 Å². The van der Waals surface area contributed by atoms with Crippen LogP contribution in [0.25, 0.3) is 0 Å². The molecule has 0 bridgehead atoms. The van der Waals surface area contributed by atoms with E-state index in [2.05, 4.69) is 78.6 Å². The highest BCUT2D eigenvalue weighted by molar-refractivity contribution is 6.91. The number of methoxy groups -OCH3 is 2. The van der Waals surface area contributed by atoms with Crippen LogP contribution < -0.4 is 0 Å². The molecule has 0 aliphatic rings. The number of esters is 1. The molecule has 234 valence electrons. The van der Waals surface area contributed by atoms with Gasteiger partial charge in [-0.3, -0.25) is 4.79 Å². The molecule has 0 aliphatic carbocycles. The van der Waals surface area contributed by atoms with Gasteiger partial charge < -0.3 is 34.8 Å². The average Bonchev–Trinajstić information content (AvgIpc) is 2.67. The van der Waals surface area contributed by atoms with E-state index in [1.807, 2.05) is 0 Å². The van der Waals surface area contributed by atoms with Crippen molar-refractivity contribution in [2.45, 2.75) is 116 Å².